The van der Waals surface area contributed by atoms with Crippen LogP contribution in [0.3, 0.4) is 0 Å². The van der Waals surface area contributed by atoms with Gasteiger partial charge in [-0.3, -0.25) is 4.79 Å². The fourth-order valence-electron chi connectivity index (χ4n) is 3.31. The van der Waals surface area contributed by atoms with E-state index in [1.165, 1.54) is 12.1 Å². The molecule has 1 N–H and O–H groups in total. The Balaban J connectivity index is 1.27. The molecule has 1 aliphatic heterocycles. The van der Waals surface area contributed by atoms with Crippen molar-refractivity contribution >= 4 is 5.91 Å². The molecule has 2 aromatic carbocycles. The molecule has 1 aliphatic rings. The third kappa shape index (κ3) is 3.73. The van der Waals surface area contributed by atoms with Crippen molar-refractivity contribution in [1.29, 1.82) is 0 Å². The fraction of sp³-hybridized carbons (Fsp3) is 0.136. The van der Waals surface area contributed by atoms with Gasteiger partial charge in [0.1, 0.15) is 11.5 Å². The van der Waals surface area contributed by atoms with Crippen LogP contribution in [-0.4, -0.2) is 34.0 Å². The second-order valence-corrected chi connectivity index (χ2v) is 6.81. The Kier molecular flexibility index (Phi) is 4.83. The predicted octanol–water partition coefficient (Wildman–Crippen LogP) is 3.50. The van der Waals surface area contributed by atoms with E-state index < -0.39 is 11.7 Å². The third-order valence-electron chi connectivity index (χ3n) is 4.86. The lowest BCUT2D eigenvalue weighted by Crippen LogP contribution is -2.28. The molecule has 1 amide bonds. The Hall–Kier alpha value is -4.14. The molecule has 8 nitrogen and oxygen atoms in total. The van der Waals surface area contributed by atoms with Gasteiger partial charge in [0.05, 0.1) is 5.56 Å². The predicted molar refractivity (Wildman–Crippen MR) is 108 cm³/mol. The van der Waals surface area contributed by atoms with Crippen molar-refractivity contribution in [2.24, 2.45) is 0 Å². The van der Waals surface area contributed by atoms with Crippen LogP contribution < -0.4 is 14.8 Å². The van der Waals surface area contributed by atoms with Crippen LogP contribution in [0.2, 0.25) is 0 Å². The largest absolute Gasteiger partial charge is 0.454 e. The van der Waals surface area contributed by atoms with Crippen molar-refractivity contribution < 1.29 is 23.2 Å². The van der Waals surface area contributed by atoms with Crippen molar-refractivity contribution in [2.75, 3.05) is 13.3 Å². The fourth-order valence-corrected chi connectivity index (χ4v) is 3.31. The van der Waals surface area contributed by atoms with Crippen LogP contribution in [-0.2, 0) is 6.54 Å². The molecule has 2 aromatic heterocycles. The second kappa shape index (κ2) is 7.94. The van der Waals surface area contributed by atoms with Crippen molar-refractivity contribution in [2.45, 2.75) is 6.54 Å². The van der Waals surface area contributed by atoms with Crippen LogP contribution in [0, 0.1) is 5.82 Å². The summed E-state index contributed by atoms with van der Waals surface area (Å²) in [5.41, 5.74) is 1.47. The van der Waals surface area contributed by atoms with Crippen LogP contribution in [0.4, 0.5) is 4.39 Å². The number of hydrogen-bond acceptors (Lipinski definition) is 6. The van der Waals surface area contributed by atoms with E-state index in [9.17, 15) is 9.18 Å². The van der Waals surface area contributed by atoms with E-state index >= 15 is 0 Å². The molecule has 0 saturated heterocycles. The maximum absolute atomic E-state index is 13.7. The van der Waals surface area contributed by atoms with Crippen LogP contribution >= 0.6 is 0 Å². The van der Waals surface area contributed by atoms with Gasteiger partial charge in [-0.2, -0.15) is 4.98 Å². The number of halogens is 1. The summed E-state index contributed by atoms with van der Waals surface area (Å²) in [5.74, 6) is 1.07. The molecule has 0 bridgehead atoms. The first-order chi connectivity index (χ1) is 15.2. The molecule has 31 heavy (non-hydrogen) atoms. The summed E-state index contributed by atoms with van der Waals surface area (Å²) in [5, 5.41) is 6.78. The summed E-state index contributed by atoms with van der Waals surface area (Å²) in [6.07, 6.45) is 1.84. The minimum absolute atomic E-state index is 0.0144. The normalized spacial score (nSPS) is 12.2. The quantitative estimate of drug-likeness (QED) is 0.513. The maximum Gasteiger partial charge on any atom is 0.274 e. The molecular weight excluding hydrogens is 403 g/mol. The molecule has 0 saturated carbocycles. The zero-order chi connectivity index (χ0) is 21.2. The highest BCUT2D eigenvalue weighted by atomic mass is 19.1. The molecule has 0 aliphatic carbocycles. The standard InChI is InChI=1S/C22H17FN4O4/c23-16-5-2-1-4-15(16)21(28)24-9-11-27-10-3-6-17(27)22-25-20(26-31-22)14-7-8-18-19(12-14)30-13-29-18/h1-8,10,12H,9,11,13H2,(H,24,28). The molecule has 0 atom stereocenters. The molecule has 3 heterocycles. The number of carbonyl (C=O) groups excluding carboxylic acids is 1. The number of carbonyl (C=O) groups is 1. The molecule has 0 fully saturated rings. The van der Waals surface area contributed by atoms with Crippen LogP contribution in [0.5, 0.6) is 11.5 Å². The van der Waals surface area contributed by atoms with Gasteiger partial charge >= 0.3 is 0 Å². The van der Waals surface area contributed by atoms with Crippen LogP contribution in [0.1, 0.15) is 10.4 Å². The maximum atomic E-state index is 13.7. The zero-order valence-electron chi connectivity index (χ0n) is 16.2. The number of ether oxygens (including phenoxy) is 2. The number of nitrogens with one attached hydrogen (secondary N) is 1. The van der Waals surface area contributed by atoms with Gasteiger partial charge < -0.3 is 23.9 Å². The molecule has 156 valence electrons. The van der Waals surface area contributed by atoms with Gasteiger partial charge in [-0.05, 0) is 42.5 Å². The monoisotopic (exact) mass is 420 g/mol. The average molecular weight is 420 g/mol. The number of nitrogens with zero attached hydrogens (tertiary/aromatic N) is 3. The lowest BCUT2D eigenvalue weighted by atomic mass is 10.2. The Morgan fingerprint density at radius 2 is 1.97 bits per heavy atom. The summed E-state index contributed by atoms with van der Waals surface area (Å²) in [7, 11) is 0. The van der Waals surface area contributed by atoms with Crippen molar-refractivity contribution in [3.05, 3.63) is 72.2 Å². The van der Waals surface area contributed by atoms with E-state index in [-0.39, 0.29) is 12.4 Å². The number of aromatic nitrogens is 3. The summed E-state index contributed by atoms with van der Waals surface area (Å²) in [6.45, 7) is 0.944. The van der Waals surface area contributed by atoms with E-state index in [0.29, 0.717) is 42.0 Å². The molecule has 0 spiro atoms. The van der Waals surface area contributed by atoms with Gasteiger partial charge in [-0.25, -0.2) is 4.39 Å². The molecule has 0 radical (unpaired) electrons. The van der Waals surface area contributed by atoms with Crippen molar-refractivity contribution in [1.82, 2.24) is 20.0 Å². The van der Waals surface area contributed by atoms with Gasteiger partial charge in [-0.1, -0.05) is 17.3 Å². The van der Waals surface area contributed by atoms with Gasteiger partial charge in [-0.15, -0.1) is 0 Å². The highest BCUT2D eigenvalue weighted by Crippen LogP contribution is 2.35. The van der Waals surface area contributed by atoms with E-state index in [2.05, 4.69) is 15.5 Å². The van der Waals surface area contributed by atoms with Gasteiger partial charge in [0, 0.05) is 24.8 Å². The van der Waals surface area contributed by atoms with E-state index in [4.69, 9.17) is 14.0 Å². The number of hydrogen-bond donors (Lipinski definition) is 1. The van der Waals surface area contributed by atoms with Crippen LogP contribution in [0.25, 0.3) is 23.0 Å². The zero-order valence-corrected chi connectivity index (χ0v) is 16.2. The van der Waals surface area contributed by atoms with E-state index in [1.54, 1.807) is 24.3 Å². The Morgan fingerprint density at radius 1 is 1.10 bits per heavy atom. The topological polar surface area (TPSA) is 91.4 Å². The minimum Gasteiger partial charge on any atom is -0.454 e. The number of benzene rings is 2. The molecule has 9 heteroatoms. The van der Waals surface area contributed by atoms with Crippen molar-refractivity contribution in [3.63, 3.8) is 0 Å². The Bertz CT molecular complexity index is 1250. The van der Waals surface area contributed by atoms with Gasteiger partial charge in [0.2, 0.25) is 12.6 Å². The first-order valence-electron chi connectivity index (χ1n) is 9.61. The van der Waals surface area contributed by atoms with E-state index in [0.717, 1.165) is 5.56 Å². The van der Waals surface area contributed by atoms with E-state index in [1.807, 2.05) is 29.0 Å². The Labute approximate surface area is 176 Å². The number of fused-ring (bicyclic) bond motifs is 1. The minimum atomic E-state index is -0.552. The lowest BCUT2D eigenvalue weighted by molar-refractivity contribution is 0.0948. The SMILES string of the molecule is O=C(NCCn1cccc1-c1nc(-c2ccc3c(c2)OCO3)no1)c1ccccc1F. The summed E-state index contributed by atoms with van der Waals surface area (Å²) in [6, 6.07) is 15.0. The average Bonchev–Trinajstić information content (AvgIpc) is 3.53. The number of amides is 1. The summed E-state index contributed by atoms with van der Waals surface area (Å²) < 4.78 is 31.8. The molecular formula is C22H17FN4O4. The molecule has 5 rings (SSSR count). The van der Waals surface area contributed by atoms with Crippen molar-refractivity contribution in [3.8, 4) is 34.5 Å². The first-order valence-corrected chi connectivity index (χ1v) is 9.61. The molecule has 4 aromatic rings. The molecule has 0 unspecified atom stereocenters. The summed E-state index contributed by atoms with van der Waals surface area (Å²) >= 11 is 0. The van der Waals surface area contributed by atoms with Crippen LogP contribution in [0.15, 0.2) is 65.3 Å². The van der Waals surface area contributed by atoms with Gasteiger partial charge in [0.15, 0.2) is 11.5 Å². The second-order valence-electron chi connectivity index (χ2n) is 6.81. The number of rotatable bonds is 6. The smallest absolute Gasteiger partial charge is 0.274 e. The summed E-state index contributed by atoms with van der Waals surface area (Å²) in [4.78, 5) is 16.6. The third-order valence-corrected chi connectivity index (χ3v) is 4.86. The highest BCUT2D eigenvalue weighted by molar-refractivity contribution is 5.94. The lowest BCUT2D eigenvalue weighted by Gasteiger charge is -2.09. The van der Waals surface area contributed by atoms with Gasteiger partial charge in [0.25, 0.3) is 11.8 Å². The first kappa shape index (κ1) is 18.9. The highest BCUT2D eigenvalue weighted by Gasteiger charge is 2.18. The Morgan fingerprint density at radius 3 is 2.87 bits per heavy atom.